The van der Waals surface area contributed by atoms with Crippen LogP contribution in [0.4, 0.5) is 10.5 Å². The van der Waals surface area contributed by atoms with Gasteiger partial charge in [0.05, 0.1) is 5.69 Å². The Morgan fingerprint density at radius 3 is 3.04 bits per heavy atom. The summed E-state index contributed by atoms with van der Waals surface area (Å²) in [6, 6.07) is 7.30. The van der Waals surface area contributed by atoms with Crippen molar-refractivity contribution in [2.24, 2.45) is 5.92 Å². The van der Waals surface area contributed by atoms with Gasteiger partial charge in [0, 0.05) is 55.9 Å². The molecule has 0 aliphatic carbocycles. The summed E-state index contributed by atoms with van der Waals surface area (Å²) in [5, 5.41) is 3.03. The van der Waals surface area contributed by atoms with Gasteiger partial charge in [0.1, 0.15) is 5.65 Å². The first-order valence-electron chi connectivity index (χ1n) is 9.27. The molecular weight excluding hydrogens is 342 g/mol. The Balaban J connectivity index is 1.38. The Morgan fingerprint density at radius 2 is 2.15 bits per heavy atom. The third-order valence-electron chi connectivity index (χ3n) is 5.69. The molecule has 0 unspecified atom stereocenters. The quantitative estimate of drug-likeness (QED) is 0.722. The average Bonchev–Trinajstić information content (AvgIpc) is 3.12. The van der Waals surface area contributed by atoms with Gasteiger partial charge in [-0.15, -0.1) is 0 Å². The summed E-state index contributed by atoms with van der Waals surface area (Å²) in [6.45, 7) is 3.99. The maximum absolute atomic E-state index is 12.9. The number of carbonyl (C=O) groups excluding carboxylic acids is 1. The second kappa shape index (κ2) is 5.97. The summed E-state index contributed by atoms with van der Waals surface area (Å²) in [5.74, 6) is 0.537. The highest BCUT2D eigenvalue weighted by molar-refractivity contribution is 5.89. The Hall–Kier alpha value is -3.09. The molecule has 2 atom stereocenters. The van der Waals surface area contributed by atoms with Gasteiger partial charge in [0.15, 0.2) is 0 Å². The number of imidazole rings is 1. The Morgan fingerprint density at radius 1 is 1.26 bits per heavy atom. The fourth-order valence-electron chi connectivity index (χ4n) is 4.54. The van der Waals surface area contributed by atoms with Crippen LogP contribution in [0.25, 0.3) is 5.65 Å². The maximum Gasteiger partial charge on any atom is 0.321 e. The molecule has 2 aliphatic rings. The van der Waals surface area contributed by atoms with Gasteiger partial charge in [-0.05, 0) is 37.0 Å². The van der Waals surface area contributed by atoms with E-state index in [2.05, 4.69) is 10.3 Å². The van der Waals surface area contributed by atoms with Gasteiger partial charge in [-0.2, -0.15) is 0 Å². The number of hydrogen-bond acceptors (Lipinski definition) is 3. The van der Waals surface area contributed by atoms with Gasteiger partial charge in [0.25, 0.3) is 5.56 Å². The van der Waals surface area contributed by atoms with Gasteiger partial charge in [-0.25, -0.2) is 9.78 Å². The number of amides is 2. The molecule has 1 saturated heterocycles. The Kier molecular flexibility index (Phi) is 3.56. The van der Waals surface area contributed by atoms with Crippen LogP contribution in [0, 0.1) is 12.8 Å². The molecule has 1 N–H and O–H groups in total. The normalized spacial score (nSPS) is 21.1. The minimum Gasteiger partial charge on any atom is -0.324 e. The molecule has 0 spiro atoms. The molecule has 5 heterocycles. The van der Waals surface area contributed by atoms with E-state index in [1.165, 1.54) is 0 Å². The van der Waals surface area contributed by atoms with E-state index in [0.29, 0.717) is 25.6 Å². The van der Waals surface area contributed by atoms with E-state index in [0.717, 1.165) is 29.0 Å². The number of carbonyl (C=O) groups is 1. The molecule has 0 radical (unpaired) electrons. The number of hydrogen-bond donors (Lipinski definition) is 1. The van der Waals surface area contributed by atoms with E-state index < -0.39 is 0 Å². The van der Waals surface area contributed by atoms with Crippen LogP contribution in [0.5, 0.6) is 0 Å². The van der Waals surface area contributed by atoms with Crippen molar-refractivity contribution >= 4 is 17.4 Å². The standard InChI is InChI=1S/C20H21N5O2/c1-13-7-16(12-23-6-5-21-19(13)23)22-20(27)24-9-14-8-15(11-24)17-3-2-4-18(26)25(17)10-14/h2-7,12,14-15H,8-11H2,1H3,(H,22,27)/t14-,15+/m0/s1. The zero-order valence-electron chi connectivity index (χ0n) is 15.1. The molecule has 7 nitrogen and oxygen atoms in total. The molecule has 2 amide bonds. The van der Waals surface area contributed by atoms with Gasteiger partial charge >= 0.3 is 6.03 Å². The molecule has 0 saturated carbocycles. The summed E-state index contributed by atoms with van der Waals surface area (Å²) in [6.07, 6.45) is 6.54. The molecular formula is C20H21N5O2. The van der Waals surface area contributed by atoms with Gasteiger partial charge in [0.2, 0.25) is 0 Å². The summed E-state index contributed by atoms with van der Waals surface area (Å²) < 4.78 is 3.79. The molecule has 0 aromatic carbocycles. The van der Waals surface area contributed by atoms with Crippen LogP contribution in [0.15, 0.2) is 47.7 Å². The lowest BCUT2D eigenvalue weighted by Gasteiger charge is -2.42. The largest absolute Gasteiger partial charge is 0.324 e. The number of aromatic nitrogens is 3. The van der Waals surface area contributed by atoms with Crippen molar-refractivity contribution in [3.63, 3.8) is 0 Å². The Labute approximate surface area is 156 Å². The number of pyridine rings is 2. The van der Waals surface area contributed by atoms with Crippen molar-refractivity contribution < 1.29 is 4.79 Å². The highest BCUT2D eigenvalue weighted by Crippen LogP contribution is 2.35. The highest BCUT2D eigenvalue weighted by Gasteiger charge is 2.36. The minimum atomic E-state index is -0.0877. The first kappa shape index (κ1) is 16.1. The van der Waals surface area contributed by atoms with Crippen LogP contribution >= 0.6 is 0 Å². The fraction of sp³-hybridized carbons (Fsp3) is 0.350. The van der Waals surface area contributed by atoms with Crippen LogP contribution in [0.1, 0.15) is 23.6 Å². The maximum atomic E-state index is 12.9. The molecule has 5 rings (SSSR count). The van der Waals surface area contributed by atoms with Crippen LogP contribution < -0.4 is 10.9 Å². The number of nitrogens with zero attached hydrogens (tertiary/aromatic N) is 4. The van der Waals surface area contributed by atoms with Crippen molar-refractivity contribution in [1.82, 2.24) is 18.9 Å². The first-order valence-corrected chi connectivity index (χ1v) is 9.27. The molecule has 27 heavy (non-hydrogen) atoms. The van der Waals surface area contributed by atoms with E-state index in [9.17, 15) is 9.59 Å². The molecule has 138 valence electrons. The number of rotatable bonds is 1. The van der Waals surface area contributed by atoms with Crippen molar-refractivity contribution in [2.45, 2.75) is 25.8 Å². The van der Waals surface area contributed by atoms with Crippen LogP contribution in [-0.4, -0.2) is 38.0 Å². The lowest BCUT2D eigenvalue weighted by molar-refractivity contribution is 0.139. The topological polar surface area (TPSA) is 71.6 Å². The zero-order chi connectivity index (χ0) is 18.5. The molecule has 7 heteroatoms. The van der Waals surface area contributed by atoms with E-state index >= 15 is 0 Å². The smallest absolute Gasteiger partial charge is 0.321 e. The summed E-state index contributed by atoms with van der Waals surface area (Å²) in [7, 11) is 0. The number of nitrogens with one attached hydrogen (secondary N) is 1. The third kappa shape index (κ3) is 2.70. The predicted octanol–water partition coefficient (Wildman–Crippen LogP) is 2.46. The Bertz CT molecular complexity index is 1100. The van der Waals surface area contributed by atoms with Crippen LogP contribution in [-0.2, 0) is 6.54 Å². The molecule has 1 fully saturated rings. The summed E-state index contributed by atoms with van der Waals surface area (Å²) in [4.78, 5) is 31.2. The minimum absolute atomic E-state index is 0.0595. The van der Waals surface area contributed by atoms with Crippen molar-refractivity contribution in [3.8, 4) is 0 Å². The van der Waals surface area contributed by atoms with Gasteiger partial charge in [-0.1, -0.05) is 6.07 Å². The zero-order valence-corrected chi connectivity index (χ0v) is 15.1. The molecule has 2 aliphatic heterocycles. The predicted molar refractivity (Wildman–Crippen MR) is 102 cm³/mol. The lowest BCUT2D eigenvalue weighted by atomic mass is 9.83. The molecule has 3 aromatic heterocycles. The van der Waals surface area contributed by atoms with E-state index in [1.54, 1.807) is 12.3 Å². The summed E-state index contributed by atoms with van der Waals surface area (Å²) in [5.41, 5.74) is 3.77. The number of aryl methyl sites for hydroxylation is 1. The number of urea groups is 1. The third-order valence-corrected chi connectivity index (χ3v) is 5.69. The number of piperidine rings is 1. The van der Waals surface area contributed by atoms with Gasteiger partial charge in [-0.3, -0.25) is 4.79 Å². The molecule has 3 aromatic rings. The average molecular weight is 363 g/mol. The van der Waals surface area contributed by atoms with Crippen molar-refractivity contribution in [2.75, 3.05) is 18.4 Å². The monoisotopic (exact) mass is 363 g/mol. The van der Waals surface area contributed by atoms with Gasteiger partial charge < -0.3 is 19.2 Å². The molecule has 2 bridgehead atoms. The van der Waals surface area contributed by atoms with E-state index in [-0.39, 0.29) is 17.5 Å². The number of fused-ring (bicyclic) bond motifs is 5. The lowest BCUT2D eigenvalue weighted by Crippen LogP contribution is -2.50. The van der Waals surface area contributed by atoms with E-state index in [4.69, 9.17) is 0 Å². The van der Waals surface area contributed by atoms with Crippen molar-refractivity contribution in [1.29, 1.82) is 0 Å². The summed E-state index contributed by atoms with van der Waals surface area (Å²) >= 11 is 0. The van der Waals surface area contributed by atoms with Crippen LogP contribution in [0.2, 0.25) is 0 Å². The highest BCUT2D eigenvalue weighted by atomic mass is 16.2. The fourth-order valence-corrected chi connectivity index (χ4v) is 4.54. The number of likely N-dealkylation sites (tertiary alicyclic amines) is 1. The second-order valence-corrected chi connectivity index (χ2v) is 7.60. The first-order chi connectivity index (χ1) is 13.1. The second-order valence-electron chi connectivity index (χ2n) is 7.60. The van der Waals surface area contributed by atoms with Crippen molar-refractivity contribution in [3.05, 3.63) is 64.5 Å². The SMILES string of the molecule is Cc1cc(NC(=O)N2C[C@@H]3C[C@H](C2)c2cccc(=O)n2C3)cn2ccnc12. The van der Waals surface area contributed by atoms with Crippen LogP contribution in [0.3, 0.4) is 0 Å². The van der Waals surface area contributed by atoms with E-state index in [1.807, 2.05) is 51.4 Å². The number of anilines is 1.